The zero-order chi connectivity index (χ0) is 16.6. The first-order chi connectivity index (χ1) is 12.4. The second-order valence-electron chi connectivity index (χ2n) is 5.97. The molecule has 5 nitrogen and oxygen atoms in total. The lowest BCUT2D eigenvalue weighted by Crippen LogP contribution is -2.05. The highest BCUT2D eigenvalue weighted by atomic mass is 15.3. The van der Waals surface area contributed by atoms with E-state index in [2.05, 4.69) is 50.7 Å². The van der Waals surface area contributed by atoms with Gasteiger partial charge < -0.3 is 5.32 Å². The highest BCUT2D eigenvalue weighted by Gasteiger charge is 2.15. The zero-order valence-electron chi connectivity index (χ0n) is 13.4. The van der Waals surface area contributed by atoms with Gasteiger partial charge >= 0.3 is 0 Å². The summed E-state index contributed by atoms with van der Waals surface area (Å²) >= 11 is 0. The first-order valence-corrected chi connectivity index (χ1v) is 8.19. The van der Waals surface area contributed by atoms with Gasteiger partial charge in [-0.25, -0.2) is 4.98 Å². The summed E-state index contributed by atoms with van der Waals surface area (Å²) in [5.41, 5.74) is 6.34. The molecule has 0 amide bonds. The van der Waals surface area contributed by atoms with Crippen LogP contribution in [0.2, 0.25) is 0 Å². The van der Waals surface area contributed by atoms with E-state index in [4.69, 9.17) is 0 Å². The number of aromatic nitrogens is 4. The van der Waals surface area contributed by atoms with Crippen LogP contribution in [0.25, 0.3) is 22.6 Å². The smallest absolute Gasteiger partial charge is 0.157 e. The lowest BCUT2D eigenvalue weighted by atomic mass is 10.1. The van der Waals surface area contributed by atoms with Crippen molar-refractivity contribution in [2.45, 2.75) is 6.42 Å². The third-order valence-corrected chi connectivity index (χ3v) is 4.41. The largest absolute Gasteiger partial charge is 0.340 e. The van der Waals surface area contributed by atoms with E-state index in [1.807, 2.05) is 35.0 Å². The molecule has 25 heavy (non-hydrogen) atoms. The molecular weight excluding hydrogens is 310 g/mol. The molecule has 1 aromatic carbocycles. The number of nitrogens with zero attached hydrogens (tertiary/aromatic N) is 4. The Kier molecular flexibility index (Phi) is 3.10. The van der Waals surface area contributed by atoms with Crippen LogP contribution in [-0.2, 0) is 6.42 Å². The van der Waals surface area contributed by atoms with Gasteiger partial charge in [0.2, 0.25) is 0 Å². The van der Waals surface area contributed by atoms with E-state index in [-0.39, 0.29) is 0 Å². The average molecular weight is 325 g/mol. The molecule has 5 heteroatoms. The van der Waals surface area contributed by atoms with Gasteiger partial charge in [-0.3, -0.25) is 4.98 Å². The standard InChI is InChI=1S/C20H15N5/c1-2-6-16-14(4-1)7-8-17(16)23-20-12-18(15-5-3-10-21-13-15)24-19-9-11-22-25(19)20/h1-6,8-13,23H,7H2. The predicted molar refractivity (Wildman–Crippen MR) is 98.0 cm³/mol. The van der Waals surface area contributed by atoms with Gasteiger partial charge in [-0.2, -0.15) is 9.61 Å². The topological polar surface area (TPSA) is 55.1 Å². The summed E-state index contributed by atoms with van der Waals surface area (Å²) in [5.74, 6) is 0.886. The molecule has 3 heterocycles. The highest BCUT2D eigenvalue weighted by Crippen LogP contribution is 2.29. The number of hydrogen-bond donors (Lipinski definition) is 1. The molecule has 120 valence electrons. The van der Waals surface area contributed by atoms with Gasteiger partial charge in [0.05, 0.1) is 11.9 Å². The molecule has 0 fully saturated rings. The molecule has 1 aliphatic carbocycles. The molecule has 0 spiro atoms. The normalized spacial score (nSPS) is 12.9. The first kappa shape index (κ1) is 13.9. The van der Waals surface area contributed by atoms with Crippen molar-refractivity contribution in [2.75, 3.05) is 5.32 Å². The Morgan fingerprint density at radius 1 is 1.00 bits per heavy atom. The molecule has 1 N–H and O–H groups in total. The second-order valence-corrected chi connectivity index (χ2v) is 5.97. The molecule has 5 rings (SSSR count). The summed E-state index contributed by atoms with van der Waals surface area (Å²) in [6, 6.07) is 16.3. The third kappa shape index (κ3) is 2.37. The first-order valence-electron chi connectivity index (χ1n) is 8.19. The average Bonchev–Trinajstić information content (AvgIpc) is 3.30. The van der Waals surface area contributed by atoms with Crippen molar-refractivity contribution in [3.8, 4) is 11.3 Å². The number of benzene rings is 1. The maximum absolute atomic E-state index is 4.69. The van der Waals surface area contributed by atoms with E-state index < -0.39 is 0 Å². The van der Waals surface area contributed by atoms with Gasteiger partial charge in [0.1, 0.15) is 5.82 Å². The minimum Gasteiger partial charge on any atom is -0.340 e. The summed E-state index contributed by atoms with van der Waals surface area (Å²) in [5, 5.41) is 7.94. The summed E-state index contributed by atoms with van der Waals surface area (Å²) in [7, 11) is 0. The van der Waals surface area contributed by atoms with Crippen molar-refractivity contribution in [3.63, 3.8) is 0 Å². The molecule has 0 bridgehead atoms. The van der Waals surface area contributed by atoms with Crippen LogP contribution in [0.15, 0.2) is 73.2 Å². The van der Waals surface area contributed by atoms with E-state index in [1.165, 1.54) is 11.1 Å². The van der Waals surface area contributed by atoms with E-state index in [1.54, 1.807) is 12.4 Å². The molecule has 0 atom stereocenters. The Bertz CT molecular complexity index is 1100. The predicted octanol–water partition coefficient (Wildman–Crippen LogP) is 3.80. The van der Waals surface area contributed by atoms with Crippen molar-refractivity contribution in [2.24, 2.45) is 0 Å². The summed E-state index contributed by atoms with van der Waals surface area (Å²) < 4.78 is 1.82. The van der Waals surface area contributed by atoms with Gasteiger partial charge in [-0.05, 0) is 24.1 Å². The maximum Gasteiger partial charge on any atom is 0.157 e. The monoisotopic (exact) mass is 325 g/mol. The van der Waals surface area contributed by atoms with E-state index in [0.717, 1.165) is 34.8 Å². The zero-order valence-corrected chi connectivity index (χ0v) is 13.4. The van der Waals surface area contributed by atoms with Crippen LogP contribution < -0.4 is 5.32 Å². The highest BCUT2D eigenvalue weighted by molar-refractivity contribution is 5.82. The lowest BCUT2D eigenvalue weighted by molar-refractivity contribution is 0.949. The van der Waals surface area contributed by atoms with Gasteiger partial charge in [-0.1, -0.05) is 30.3 Å². The van der Waals surface area contributed by atoms with E-state index >= 15 is 0 Å². The van der Waals surface area contributed by atoms with E-state index in [0.29, 0.717) is 0 Å². The minimum absolute atomic E-state index is 0.802. The number of pyridine rings is 1. The molecule has 4 aromatic rings. The quantitative estimate of drug-likeness (QED) is 0.622. The van der Waals surface area contributed by atoms with Gasteiger partial charge in [0.25, 0.3) is 0 Å². The summed E-state index contributed by atoms with van der Waals surface area (Å²) in [6.07, 6.45) is 8.51. The van der Waals surface area contributed by atoms with Crippen molar-refractivity contribution in [3.05, 3.63) is 84.3 Å². The SMILES string of the molecule is C1=C(Nc2cc(-c3cccnc3)nc3ccnn23)c2ccccc2C1. The summed E-state index contributed by atoms with van der Waals surface area (Å²) in [4.78, 5) is 8.88. The molecule has 0 aliphatic heterocycles. The Morgan fingerprint density at radius 3 is 2.88 bits per heavy atom. The number of nitrogens with one attached hydrogen (secondary N) is 1. The second kappa shape index (κ2) is 5.56. The number of allylic oxidation sites excluding steroid dienone is 1. The molecular formula is C20H15N5. The fraction of sp³-hybridized carbons (Fsp3) is 0.0500. The molecule has 1 aliphatic rings. The number of anilines is 1. The third-order valence-electron chi connectivity index (χ3n) is 4.41. The van der Waals surface area contributed by atoms with Gasteiger partial charge in [0.15, 0.2) is 5.65 Å². The Hall–Kier alpha value is -3.47. The van der Waals surface area contributed by atoms with Crippen LogP contribution in [0.5, 0.6) is 0 Å². The van der Waals surface area contributed by atoms with Crippen LogP contribution in [0.3, 0.4) is 0 Å². The van der Waals surface area contributed by atoms with Gasteiger partial charge in [-0.15, -0.1) is 0 Å². The summed E-state index contributed by atoms with van der Waals surface area (Å²) in [6.45, 7) is 0. The van der Waals surface area contributed by atoms with Gasteiger partial charge in [0, 0.05) is 41.4 Å². The van der Waals surface area contributed by atoms with E-state index in [9.17, 15) is 0 Å². The maximum atomic E-state index is 4.69. The fourth-order valence-corrected chi connectivity index (χ4v) is 3.20. The Balaban J connectivity index is 1.61. The van der Waals surface area contributed by atoms with Crippen molar-refractivity contribution in [1.29, 1.82) is 0 Å². The number of hydrogen-bond acceptors (Lipinski definition) is 4. The van der Waals surface area contributed by atoms with Crippen molar-refractivity contribution < 1.29 is 0 Å². The Morgan fingerprint density at radius 2 is 1.96 bits per heavy atom. The van der Waals surface area contributed by atoms with Crippen LogP contribution in [-0.4, -0.2) is 19.6 Å². The number of rotatable bonds is 3. The van der Waals surface area contributed by atoms with Crippen molar-refractivity contribution in [1.82, 2.24) is 19.6 Å². The van der Waals surface area contributed by atoms with Crippen LogP contribution >= 0.6 is 0 Å². The van der Waals surface area contributed by atoms with Crippen molar-refractivity contribution >= 4 is 17.2 Å². The molecule has 0 saturated carbocycles. The fourth-order valence-electron chi connectivity index (χ4n) is 3.20. The number of fused-ring (bicyclic) bond motifs is 2. The van der Waals surface area contributed by atoms with Crippen LogP contribution in [0, 0.1) is 0 Å². The lowest BCUT2D eigenvalue weighted by Gasteiger charge is -2.12. The molecule has 3 aromatic heterocycles. The Labute approximate surface area is 144 Å². The molecule has 0 unspecified atom stereocenters. The molecule has 0 saturated heterocycles. The molecule has 0 radical (unpaired) electrons. The van der Waals surface area contributed by atoms with Crippen LogP contribution in [0.1, 0.15) is 11.1 Å². The van der Waals surface area contributed by atoms with Crippen LogP contribution in [0.4, 0.5) is 5.82 Å². The minimum atomic E-state index is 0.802.